The molecule has 0 saturated heterocycles. The van der Waals surface area contributed by atoms with Crippen molar-refractivity contribution in [3.05, 3.63) is 24.3 Å². The molecule has 82 valence electrons. The first-order chi connectivity index (χ1) is 7.15. The van der Waals surface area contributed by atoms with Crippen LogP contribution in [0.25, 0.3) is 0 Å². The molecule has 0 aromatic rings. The maximum atomic E-state index is 11.3. The van der Waals surface area contributed by atoms with E-state index in [1.807, 2.05) is 6.92 Å². The van der Waals surface area contributed by atoms with Crippen LogP contribution in [0.1, 0.15) is 19.8 Å². The van der Waals surface area contributed by atoms with Crippen molar-refractivity contribution in [1.82, 2.24) is 5.32 Å². The van der Waals surface area contributed by atoms with Crippen LogP contribution in [-0.2, 0) is 9.59 Å². The van der Waals surface area contributed by atoms with Gasteiger partial charge in [0.1, 0.15) is 6.04 Å². The molecule has 0 heterocycles. The fraction of sp³-hybridized carbons (Fsp3) is 0.455. The van der Waals surface area contributed by atoms with E-state index in [1.54, 1.807) is 18.2 Å². The highest BCUT2D eigenvalue weighted by atomic mass is 16.4. The summed E-state index contributed by atoms with van der Waals surface area (Å²) in [6.07, 6.45) is 8.19. The number of hydrogen-bond donors (Lipinski definition) is 2. The van der Waals surface area contributed by atoms with Gasteiger partial charge in [-0.05, 0) is 25.7 Å². The first kappa shape index (κ1) is 11.5. The summed E-state index contributed by atoms with van der Waals surface area (Å²) in [7, 11) is 0. The number of nitrogens with one attached hydrogen (secondary N) is 1. The lowest BCUT2D eigenvalue weighted by atomic mass is 10.2. The minimum Gasteiger partial charge on any atom is -0.480 e. The zero-order chi connectivity index (χ0) is 11.3. The van der Waals surface area contributed by atoms with E-state index in [2.05, 4.69) is 5.32 Å². The van der Waals surface area contributed by atoms with E-state index < -0.39 is 12.0 Å². The van der Waals surface area contributed by atoms with Crippen LogP contribution in [-0.4, -0.2) is 23.0 Å². The van der Waals surface area contributed by atoms with Gasteiger partial charge < -0.3 is 10.4 Å². The molecule has 1 aliphatic carbocycles. The molecule has 0 aromatic carbocycles. The Morgan fingerprint density at radius 2 is 2.07 bits per heavy atom. The minimum absolute atomic E-state index is 0.113. The Hall–Kier alpha value is -1.58. The Kier molecular flexibility index (Phi) is 4.09. The van der Waals surface area contributed by atoms with Gasteiger partial charge in [0.25, 0.3) is 0 Å². The van der Waals surface area contributed by atoms with E-state index in [0.717, 1.165) is 12.8 Å². The van der Waals surface area contributed by atoms with Gasteiger partial charge in [-0.3, -0.25) is 4.79 Å². The summed E-state index contributed by atoms with van der Waals surface area (Å²) >= 11 is 0. The molecular formula is C11H15NO3. The Bertz CT molecular complexity index is 303. The molecule has 1 atom stereocenters. The molecule has 1 amide bonds. The lowest BCUT2D eigenvalue weighted by molar-refractivity contribution is -0.141. The maximum absolute atomic E-state index is 11.3. The van der Waals surface area contributed by atoms with Crippen molar-refractivity contribution in [1.29, 1.82) is 0 Å². The summed E-state index contributed by atoms with van der Waals surface area (Å²) in [5.74, 6) is -1.20. The van der Waals surface area contributed by atoms with E-state index in [-0.39, 0.29) is 11.8 Å². The fourth-order valence-electron chi connectivity index (χ4n) is 1.27. The van der Waals surface area contributed by atoms with Crippen LogP contribution in [0.3, 0.4) is 0 Å². The summed E-state index contributed by atoms with van der Waals surface area (Å²) in [5.41, 5.74) is 0. The van der Waals surface area contributed by atoms with Crippen LogP contribution in [0.4, 0.5) is 0 Å². The lowest BCUT2D eigenvalue weighted by Crippen LogP contribution is -2.41. The second-order valence-electron chi connectivity index (χ2n) is 3.55. The topological polar surface area (TPSA) is 66.4 Å². The number of amides is 1. The number of rotatable bonds is 5. The van der Waals surface area contributed by atoms with Crippen LogP contribution in [0.15, 0.2) is 24.3 Å². The molecule has 1 rings (SSSR count). The first-order valence-electron chi connectivity index (χ1n) is 4.98. The molecule has 0 radical (unpaired) electrons. The smallest absolute Gasteiger partial charge is 0.326 e. The van der Waals surface area contributed by atoms with Crippen LogP contribution in [0, 0.1) is 5.92 Å². The van der Waals surface area contributed by atoms with Crippen molar-refractivity contribution in [3.63, 3.8) is 0 Å². The molecule has 1 unspecified atom stereocenters. The quantitative estimate of drug-likeness (QED) is 0.526. The molecule has 0 aromatic heterocycles. The molecule has 0 spiro atoms. The summed E-state index contributed by atoms with van der Waals surface area (Å²) in [5, 5.41) is 11.3. The van der Waals surface area contributed by atoms with Crippen LogP contribution < -0.4 is 5.32 Å². The van der Waals surface area contributed by atoms with Gasteiger partial charge in [-0.2, -0.15) is 0 Å². The van der Waals surface area contributed by atoms with E-state index in [9.17, 15) is 9.59 Å². The van der Waals surface area contributed by atoms with Gasteiger partial charge in [0, 0.05) is 6.08 Å². The lowest BCUT2D eigenvalue weighted by Gasteiger charge is -2.11. The molecule has 1 saturated carbocycles. The van der Waals surface area contributed by atoms with Gasteiger partial charge in [0.15, 0.2) is 0 Å². The van der Waals surface area contributed by atoms with Crippen molar-refractivity contribution >= 4 is 11.9 Å². The molecule has 1 fully saturated rings. The number of carboxylic acids is 1. The van der Waals surface area contributed by atoms with Gasteiger partial charge in [-0.25, -0.2) is 4.79 Å². The highest BCUT2D eigenvalue weighted by molar-refractivity contribution is 5.91. The average molecular weight is 209 g/mol. The highest BCUT2D eigenvalue weighted by Crippen LogP contribution is 2.32. The predicted octanol–water partition coefficient (Wildman–Crippen LogP) is 1.10. The summed E-state index contributed by atoms with van der Waals surface area (Å²) in [4.78, 5) is 22.1. The molecule has 1 aliphatic rings. The molecule has 15 heavy (non-hydrogen) atoms. The summed E-state index contributed by atoms with van der Waals surface area (Å²) < 4.78 is 0. The minimum atomic E-state index is -0.953. The van der Waals surface area contributed by atoms with Crippen molar-refractivity contribution < 1.29 is 14.7 Å². The average Bonchev–Trinajstić information content (AvgIpc) is 2.97. The Morgan fingerprint density at radius 1 is 1.40 bits per heavy atom. The molecule has 2 N–H and O–H groups in total. The number of carbonyl (C=O) groups is 2. The van der Waals surface area contributed by atoms with Gasteiger partial charge in [-0.1, -0.05) is 18.2 Å². The molecule has 0 aliphatic heterocycles. The van der Waals surface area contributed by atoms with E-state index in [4.69, 9.17) is 5.11 Å². The number of allylic oxidation sites excluding steroid dienone is 3. The number of carboxylic acid groups (broad SMARTS) is 1. The molecular weight excluding hydrogens is 194 g/mol. The number of carbonyl (C=O) groups excluding carboxylic acids is 1. The normalized spacial score (nSPS) is 18.2. The van der Waals surface area contributed by atoms with Crippen molar-refractivity contribution in [2.45, 2.75) is 25.8 Å². The standard InChI is InChI=1S/C11H15NO3/c1-2-3-4-5-9(13)12-10(11(14)15)8-6-7-8/h2-5,8,10H,6-7H2,1H3,(H,12,13)(H,14,15). The monoisotopic (exact) mass is 209 g/mol. The molecule has 4 nitrogen and oxygen atoms in total. The van der Waals surface area contributed by atoms with E-state index in [1.165, 1.54) is 6.08 Å². The third-order valence-electron chi connectivity index (χ3n) is 2.21. The molecule has 0 bridgehead atoms. The first-order valence-corrected chi connectivity index (χ1v) is 4.98. The highest BCUT2D eigenvalue weighted by Gasteiger charge is 2.36. The number of aliphatic carboxylic acids is 1. The summed E-state index contributed by atoms with van der Waals surface area (Å²) in [6, 6.07) is -0.729. The van der Waals surface area contributed by atoms with Crippen molar-refractivity contribution in [2.24, 2.45) is 5.92 Å². The molecule has 4 heteroatoms. The van der Waals surface area contributed by atoms with E-state index in [0.29, 0.717) is 0 Å². The van der Waals surface area contributed by atoms with Gasteiger partial charge in [0.2, 0.25) is 5.91 Å². The fourth-order valence-corrected chi connectivity index (χ4v) is 1.27. The zero-order valence-corrected chi connectivity index (χ0v) is 8.64. The second kappa shape index (κ2) is 5.34. The van der Waals surface area contributed by atoms with Crippen molar-refractivity contribution in [2.75, 3.05) is 0 Å². The van der Waals surface area contributed by atoms with Crippen LogP contribution >= 0.6 is 0 Å². The van der Waals surface area contributed by atoms with Crippen molar-refractivity contribution in [3.8, 4) is 0 Å². The van der Waals surface area contributed by atoms with Gasteiger partial charge >= 0.3 is 5.97 Å². The Labute approximate surface area is 88.7 Å². The van der Waals surface area contributed by atoms with Crippen LogP contribution in [0.5, 0.6) is 0 Å². The predicted molar refractivity (Wildman–Crippen MR) is 56.2 cm³/mol. The summed E-state index contributed by atoms with van der Waals surface area (Å²) in [6.45, 7) is 1.84. The third kappa shape index (κ3) is 3.97. The maximum Gasteiger partial charge on any atom is 0.326 e. The van der Waals surface area contributed by atoms with E-state index >= 15 is 0 Å². The third-order valence-corrected chi connectivity index (χ3v) is 2.21. The second-order valence-corrected chi connectivity index (χ2v) is 3.55. The largest absolute Gasteiger partial charge is 0.480 e. The Morgan fingerprint density at radius 3 is 2.53 bits per heavy atom. The number of hydrogen-bond acceptors (Lipinski definition) is 2. The zero-order valence-electron chi connectivity index (χ0n) is 8.64. The van der Waals surface area contributed by atoms with Crippen LogP contribution in [0.2, 0.25) is 0 Å². The van der Waals surface area contributed by atoms with Gasteiger partial charge in [-0.15, -0.1) is 0 Å². The Balaban J connectivity index is 2.43. The SMILES string of the molecule is CC=CC=CC(=O)NC(C(=O)O)C1CC1. The van der Waals surface area contributed by atoms with Gasteiger partial charge in [0.05, 0.1) is 0 Å².